The predicted octanol–water partition coefficient (Wildman–Crippen LogP) is 1.19. The molecule has 0 fully saturated rings. The van der Waals surface area contributed by atoms with Crippen LogP contribution in [-0.4, -0.2) is 40.8 Å². The van der Waals surface area contributed by atoms with Crippen LogP contribution in [0.25, 0.3) is 0 Å². The number of fused-ring (bicyclic) bond motifs is 1. The average molecular weight is 241 g/mol. The third-order valence-corrected chi connectivity index (χ3v) is 4.01. The highest BCUT2D eigenvalue weighted by atomic mass is 32.1. The van der Waals surface area contributed by atoms with Gasteiger partial charge in [0.25, 0.3) is 0 Å². The Balaban J connectivity index is 2.05. The van der Waals surface area contributed by atoms with Crippen LogP contribution < -0.4 is 0 Å². The minimum Gasteiger partial charge on any atom is -0.477 e. The van der Waals surface area contributed by atoms with Crippen molar-refractivity contribution in [1.82, 2.24) is 4.90 Å². The first-order valence-corrected chi connectivity index (χ1v) is 6.20. The third-order valence-electron chi connectivity index (χ3n) is 2.79. The van der Waals surface area contributed by atoms with Gasteiger partial charge < -0.3 is 10.2 Å². The maximum absolute atomic E-state index is 10.8. The quantitative estimate of drug-likeness (QED) is 0.831. The molecular formula is C11H15NO3S. The first-order valence-electron chi connectivity index (χ1n) is 5.39. The molecule has 0 aromatic carbocycles. The van der Waals surface area contributed by atoms with Gasteiger partial charge in [0.1, 0.15) is 4.88 Å². The highest BCUT2D eigenvalue weighted by Crippen LogP contribution is 2.28. The van der Waals surface area contributed by atoms with Crippen LogP contribution >= 0.6 is 11.3 Å². The van der Waals surface area contributed by atoms with Crippen molar-refractivity contribution in [2.24, 2.45) is 0 Å². The van der Waals surface area contributed by atoms with E-state index in [1.165, 1.54) is 16.2 Å². The van der Waals surface area contributed by atoms with Gasteiger partial charge in [0.15, 0.2) is 0 Å². The summed E-state index contributed by atoms with van der Waals surface area (Å²) >= 11 is 1.39. The maximum atomic E-state index is 10.8. The van der Waals surface area contributed by atoms with E-state index in [2.05, 4.69) is 4.90 Å². The van der Waals surface area contributed by atoms with Crippen LogP contribution in [0.3, 0.4) is 0 Å². The number of aliphatic hydroxyl groups excluding tert-OH is 1. The highest BCUT2D eigenvalue weighted by molar-refractivity contribution is 7.14. The predicted molar refractivity (Wildman–Crippen MR) is 62.0 cm³/mol. The van der Waals surface area contributed by atoms with Crippen molar-refractivity contribution in [1.29, 1.82) is 0 Å². The van der Waals surface area contributed by atoms with Gasteiger partial charge in [-0.15, -0.1) is 11.3 Å². The van der Waals surface area contributed by atoms with Gasteiger partial charge in [-0.2, -0.15) is 0 Å². The van der Waals surface area contributed by atoms with E-state index in [1.807, 2.05) is 0 Å². The van der Waals surface area contributed by atoms with E-state index in [1.54, 1.807) is 6.07 Å². The molecule has 0 saturated heterocycles. The van der Waals surface area contributed by atoms with Crippen LogP contribution in [-0.2, 0) is 13.0 Å². The Labute approximate surface area is 98.1 Å². The molecule has 0 radical (unpaired) electrons. The van der Waals surface area contributed by atoms with Crippen LogP contribution in [0.1, 0.15) is 26.5 Å². The van der Waals surface area contributed by atoms with Crippen molar-refractivity contribution in [3.8, 4) is 0 Å². The molecule has 1 aromatic heterocycles. The fourth-order valence-corrected chi connectivity index (χ4v) is 2.98. The number of hydrogen-bond donors (Lipinski definition) is 2. The molecule has 0 unspecified atom stereocenters. The summed E-state index contributed by atoms with van der Waals surface area (Å²) in [5.41, 5.74) is 1.14. The summed E-state index contributed by atoms with van der Waals surface area (Å²) < 4.78 is 0. The monoisotopic (exact) mass is 241 g/mol. The van der Waals surface area contributed by atoms with Gasteiger partial charge >= 0.3 is 5.97 Å². The lowest BCUT2D eigenvalue weighted by atomic mass is 10.1. The van der Waals surface area contributed by atoms with E-state index in [9.17, 15) is 4.79 Å². The molecule has 0 aliphatic carbocycles. The number of thiophene rings is 1. The van der Waals surface area contributed by atoms with Gasteiger partial charge in [0, 0.05) is 31.1 Å². The minimum atomic E-state index is -0.832. The van der Waals surface area contributed by atoms with Crippen LogP contribution in [0, 0.1) is 0 Å². The summed E-state index contributed by atoms with van der Waals surface area (Å²) in [6, 6.07) is 1.79. The molecule has 0 bridgehead atoms. The normalized spacial score (nSPS) is 16.1. The number of carboxylic acid groups (broad SMARTS) is 1. The van der Waals surface area contributed by atoms with Crippen molar-refractivity contribution in [2.75, 3.05) is 19.7 Å². The fourth-order valence-electron chi connectivity index (χ4n) is 1.98. The lowest BCUT2D eigenvalue weighted by Gasteiger charge is -2.26. The van der Waals surface area contributed by atoms with Crippen molar-refractivity contribution in [3.63, 3.8) is 0 Å². The number of hydrogen-bond acceptors (Lipinski definition) is 4. The molecule has 88 valence electrons. The molecule has 2 rings (SSSR count). The van der Waals surface area contributed by atoms with Gasteiger partial charge in [-0.05, 0) is 24.5 Å². The Kier molecular flexibility index (Phi) is 3.58. The first-order chi connectivity index (χ1) is 7.70. The molecule has 2 heterocycles. The van der Waals surface area contributed by atoms with Crippen molar-refractivity contribution in [3.05, 3.63) is 21.4 Å². The zero-order chi connectivity index (χ0) is 11.5. The van der Waals surface area contributed by atoms with E-state index in [0.717, 1.165) is 38.0 Å². The van der Waals surface area contributed by atoms with Gasteiger partial charge in [-0.3, -0.25) is 4.90 Å². The fraction of sp³-hybridized carbons (Fsp3) is 0.545. The summed E-state index contributed by atoms with van der Waals surface area (Å²) in [5, 5.41) is 17.7. The summed E-state index contributed by atoms with van der Waals surface area (Å²) in [6.45, 7) is 2.88. The number of carbonyl (C=O) groups is 1. The number of rotatable bonds is 4. The Hall–Kier alpha value is -0.910. The maximum Gasteiger partial charge on any atom is 0.345 e. The van der Waals surface area contributed by atoms with E-state index in [4.69, 9.17) is 10.2 Å². The molecule has 0 atom stereocenters. The topological polar surface area (TPSA) is 60.8 Å². The largest absolute Gasteiger partial charge is 0.477 e. The van der Waals surface area contributed by atoms with Crippen LogP contribution in [0.5, 0.6) is 0 Å². The molecule has 4 nitrogen and oxygen atoms in total. The molecule has 1 aliphatic rings. The van der Waals surface area contributed by atoms with E-state index in [-0.39, 0.29) is 6.61 Å². The van der Waals surface area contributed by atoms with E-state index >= 15 is 0 Å². The second kappa shape index (κ2) is 4.95. The van der Waals surface area contributed by atoms with Gasteiger partial charge in [0.2, 0.25) is 0 Å². The minimum absolute atomic E-state index is 0.216. The molecule has 5 heteroatoms. The van der Waals surface area contributed by atoms with Crippen molar-refractivity contribution in [2.45, 2.75) is 19.4 Å². The zero-order valence-electron chi connectivity index (χ0n) is 8.98. The van der Waals surface area contributed by atoms with Gasteiger partial charge in [-0.1, -0.05) is 0 Å². The Morgan fingerprint density at radius 2 is 2.38 bits per heavy atom. The van der Waals surface area contributed by atoms with Crippen molar-refractivity contribution >= 4 is 17.3 Å². The lowest BCUT2D eigenvalue weighted by Crippen LogP contribution is -2.30. The number of aliphatic hydroxyl groups is 1. The van der Waals surface area contributed by atoms with Crippen LogP contribution in [0.2, 0.25) is 0 Å². The van der Waals surface area contributed by atoms with Crippen LogP contribution in [0.15, 0.2) is 6.07 Å². The van der Waals surface area contributed by atoms with E-state index in [0.29, 0.717) is 4.88 Å². The molecule has 0 spiro atoms. The molecule has 1 aliphatic heterocycles. The number of carboxylic acids is 1. The molecule has 2 N–H and O–H groups in total. The average Bonchev–Trinajstić information content (AvgIpc) is 2.69. The van der Waals surface area contributed by atoms with Crippen molar-refractivity contribution < 1.29 is 15.0 Å². The molecule has 16 heavy (non-hydrogen) atoms. The molecule has 1 aromatic rings. The Morgan fingerprint density at radius 3 is 3.06 bits per heavy atom. The van der Waals surface area contributed by atoms with Crippen LogP contribution in [0.4, 0.5) is 0 Å². The summed E-state index contributed by atoms with van der Waals surface area (Å²) in [5.74, 6) is -0.832. The summed E-state index contributed by atoms with van der Waals surface area (Å²) in [4.78, 5) is 14.7. The SMILES string of the molecule is O=C(O)c1cc2c(s1)CCN(CCCO)C2. The standard InChI is InChI=1S/C11H15NO3S/c13-5-1-3-12-4-2-9-8(7-12)6-10(16-9)11(14)15/h6,13H,1-5,7H2,(H,14,15). The van der Waals surface area contributed by atoms with E-state index < -0.39 is 5.97 Å². The summed E-state index contributed by atoms with van der Waals surface area (Å²) in [6.07, 6.45) is 1.71. The Morgan fingerprint density at radius 1 is 1.56 bits per heavy atom. The highest BCUT2D eigenvalue weighted by Gasteiger charge is 2.20. The summed E-state index contributed by atoms with van der Waals surface area (Å²) in [7, 11) is 0. The second-order valence-electron chi connectivity index (χ2n) is 3.97. The number of nitrogens with zero attached hydrogens (tertiary/aromatic N) is 1. The zero-order valence-corrected chi connectivity index (χ0v) is 9.79. The number of aromatic carboxylic acids is 1. The Bertz CT molecular complexity index is 389. The molecule has 0 amide bonds. The lowest BCUT2D eigenvalue weighted by molar-refractivity contribution is 0.0702. The smallest absolute Gasteiger partial charge is 0.345 e. The first kappa shape index (κ1) is 11.6. The molecular weight excluding hydrogens is 226 g/mol. The molecule has 0 saturated carbocycles. The van der Waals surface area contributed by atoms with Gasteiger partial charge in [0.05, 0.1) is 0 Å². The van der Waals surface area contributed by atoms with Gasteiger partial charge in [-0.25, -0.2) is 4.79 Å². The second-order valence-corrected chi connectivity index (χ2v) is 5.10. The third kappa shape index (κ3) is 2.42.